The molecule has 0 radical (unpaired) electrons. The zero-order valence-corrected chi connectivity index (χ0v) is 23.3. The highest BCUT2D eigenvalue weighted by molar-refractivity contribution is 6.33. The number of aliphatic hydroxyl groups is 1. The number of nitrogens with one attached hydrogen (secondary N) is 1. The normalized spacial score (nSPS) is 22.9. The van der Waals surface area contributed by atoms with E-state index < -0.39 is 5.41 Å². The van der Waals surface area contributed by atoms with Crippen molar-refractivity contribution in [2.24, 2.45) is 5.41 Å². The third-order valence-corrected chi connectivity index (χ3v) is 8.23. The molecule has 9 nitrogen and oxygen atoms in total. The number of hydrogen-bond donors (Lipinski definition) is 2. The molecule has 1 saturated carbocycles. The summed E-state index contributed by atoms with van der Waals surface area (Å²) in [7, 11) is 2.17. The van der Waals surface area contributed by atoms with Gasteiger partial charge < -0.3 is 24.8 Å². The highest BCUT2D eigenvalue weighted by Gasteiger charge is 2.34. The van der Waals surface area contributed by atoms with E-state index in [0.29, 0.717) is 60.8 Å². The molecule has 206 valence electrons. The van der Waals surface area contributed by atoms with Crippen molar-refractivity contribution < 1.29 is 14.6 Å². The van der Waals surface area contributed by atoms with Crippen molar-refractivity contribution in [3.8, 4) is 23.2 Å². The average Bonchev–Trinajstić information content (AvgIpc) is 2.93. The minimum absolute atomic E-state index is 0.248. The first-order chi connectivity index (χ1) is 18.3. The van der Waals surface area contributed by atoms with Gasteiger partial charge in [-0.25, -0.2) is 9.97 Å². The maximum Gasteiger partial charge on any atom is 0.232 e. The van der Waals surface area contributed by atoms with Crippen LogP contribution in [0, 0.1) is 16.7 Å². The Morgan fingerprint density at radius 1 is 1.24 bits per heavy atom. The lowest BCUT2D eigenvalue weighted by atomic mass is 9.83. The van der Waals surface area contributed by atoms with Gasteiger partial charge in [-0.3, -0.25) is 4.98 Å². The fourth-order valence-electron chi connectivity index (χ4n) is 5.38. The van der Waals surface area contributed by atoms with Gasteiger partial charge in [0.25, 0.3) is 0 Å². The Labute approximate surface area is 230 Å². The van der Waals surface area contributed by atoms with Crippen molar-refractivity contribution in [3.63, 3.8) is 0 Å². The lowest BCUT2D eigenvalue weighted by Crippen LogP contribution is -2.43. The molecule has 2 fully saturated rings. The number of anilines is 1. The zero-order valence-electron chi connectivity index (χ0n) is 22.6. The Bertz CT molecular complexity index is 1100. The monoisotopic (exact) mass is 542 g/mol. The lowest BCUT2D eigenvalue weighted by Gasteiger charge is -2.38. The quantitative estimate of drug-likeness (QED) is 0.440. The van der Waals surface area contributed by atoms with Crippen molar-refractivity contribution >= 4 is 17.4 Å². The maximum atomic E-state index is 9.73. The van der Waals surface area contributed by atoms with Crippen LogP contribution in [0.4, 0.5) is 5.82 Å². The second-order valence-electron chi connectivity index (χ2n) is 10.8. The standard InChI is InChI=1S/C28H39ClN6O3/c1-19(12-20(2)36)35(3)22-6-4-21(5-7-22)33-26-13-23(24(29)14-32-26)25-15-31-16-27(34-25)38-18-28(17-30)8-10-37-11-9-28/h13-16,19-22,36H,4-12,18H2,1-3H3,(H,32,33)/t19-,20?,21-,22-/m1/s1. The fourth-order valence-corrected chi connectivity index (χ4v) is 5.58. The summed E-state index contributed by atoms with van der Waals surface area (Å²) in [4.78, 5) is 15.8. The Morgan fingerprint density at radius 2 is 1.97 bits per heavy atom. The molecule has 1 unspecified atom stereocenters. The average molecular weight is 543 g/mol. The van der Waals surface area contributed by atoms with E-state index in [2.05, 4.69) is 45.2 Å². The van der Waals surface area contributed by atoms with Crippen LogP contribution in [0.25, 0.3) is 11.3 Å². The molecule has 0 amide bonds. The van der Waals surface area contributed by atoms with Gasteiger partial charge in [0.15, 0.2) is 0 Å². The number of hydrogen-bond acceptors (Lipinski definition) is 9. The van der Waals surface area contributed by atoms with E-state index in [9.17, 15) is 10.4 Å². The second-order valence-corrected chi connectivity index (χ2v) is 11.2. The smallest absolute Gasteiger partial charge is 0.232 e. The molecule has 1 aliphatic carbocycles. The Hall–Kier alpha value is -2.51. The summed E-state index contributed by atoms with van der Waals surface area (Å²) in [5.74, 6) is 1.11. The predicted molar refractivity (Wildman–Crippen MR) is 147 cm³/mol. The summed E-state index contributed by atoms with van der Waals surface area (Å²) < 4.78 is 11.3. The van der Waals surface area contributed by atoms with Gasteiger partial charge in [-0.15, -0.1) is 0 Å². The molecule has 1 saturated heterocycles. The summed E-state index contributed by atoms with van der Waals surface area (Å²) in [6.45, 7) is 5.41. The summed E-state index contributed by atoms with van der Waals surface area (Å²) in [6.07, 6.45) is 10.9. The number of aromatic nitrogens is 3. The molecule has 4 rings (SSSR count). The van der Waals surface area contributed by atoms with Crippen LogP contribution in [-0.2, 0) is 4.74 Å². The molecule has 0 bridgehead atoms. The number of halogens is 1. The van der Waals surface area contributed by atoms with Crippen molar-refractivity contribution in [3.05, 3.63) is 29.7 Å². The molecular formula is C28H39ClN6O3. The van der Waals surface area contributed by atoms with Crippen molar-refractivity contribution in [2.75, 3.05) is 32.2 Å². The van der Waals surface area contributed by atoms with E-state index in [-0.39, 0.29) is 12.7 Å². The van der Waals surface area contributed by atoms with Crippen LogP contribution in [0.2, 0.25) is 5.02 Å². The van der Waals surface area contributed by atoms with Crippen molar-refractivity contribution in [1.82, 2.24) is 19.9 Å². The molecule has 10 heteroatoms. The van der Waals surface area contributed by atoms with Gasteiger partial charge in [0.1, 0.15) is 12.4 Å². The van der Waals surface area contributed by atoms with E-state index in [4.69, 9.17) is 21.1 Å². The van der Waals surface area contributed by atoms with Gasteiger partial charge in [-0.2, -0.15) is 5.26 Å². The van der Waals surface area contributed by atoms with E-state index in [1.54, 1.807) is 18.6 Å². The van der Waals surface area contributed by atoms with Crippen LogP contribution in [0.5, 0.6) is 5.88 Å². The van der Waals surface area contributed by atoms with Gasteiger partial charge in [-0.05, 0) is 71.9 Å². The van der Waals surface area contributed by atoms with Crippen LogP contribution in [0.15, 0.2) is 24.7 Å². The van der Waals surface area contributed by atoms with Crippen LogP contribution >= 0.6 is 11.6 Å². The summed E-state index contributed by atoms with van der Waals surface area (Å²) >= 11 is 6.51. The third kappa shape index (κ3) is 7.32. The van der Waals surface area contributed by atoms with Crippen LogP contribution < -0.4 is 10.1 Å². The zero-order chi connectivity index (χ0) is 27.1. The van der Waals surface area contributed by atoms with Crippen LogP contribution in [0.3, 0.4) is 0 Å². The molecule has 2 N–H and O–H groups in total. The first-order valence-corrected chi connectivity index (χ1v) is 13.9. The fraction of sp³-hybridized carbons (Fsp3) is 0.643. The van der Waals surface area contributed by atoms with Gasteiger partial charge >= 0.3 is 0 Å². The van der Waals surface area contributed by atoms with E-state index in [0.717, 1.165) is 43.5 Å². The molecule has 0 aromatic carbocycles. The second kappa shape index (κ2) is 13.0. The van der Waals surface area contributed by atoms with Gasteiger partial charge in [0.2, 0.25) is 5.88 Å². The van der Waals surface area contributed by atoms with Crippen molar-refractivity contribution in [1.29, 1.82) is 5.26 Å². The molecule has 1 aliphatic heterocycles. The Morgan fingerprint density at radius 3 is 2.66 bits per heavy atom. The van der Waals surface area contributed by atoms with Crippen molar-refractivity contribution in [2.45, 2.75) is 83.0 Å². The molecule has 2 aromatic heterocycles. The highest BCUT2D eigenvalue weighted by atomic mass is 35.5. The summed E-state index contributed by atoms with van der Waals surface area (Å²) in [5, 5.41) is 23.5. The molecule has 2 aliphatic rings. The predicted octanol–water partition coefficient (Wildman–Crippen LogP) is 4.71. The molecule has 2 atom stereocenters. The number of pyridine rings is 1. The number of rotatable bonds is 10. The lowest BCUT2D eigenvalue weighted by molar-refractivity contribution is 0.0182. The third-order valence-electron chi connectivity index (χ3n) is 7.93. The van der Waals surface area contributed by atoms with Gasteiger partial charge in [0.05, 0.1) is 40.7 Å². The first kappa shape index (κ1) is 28.5. The SMILES string of the molecule is CC(O)C[C@@H](C)N(C)[C@H]1CC[C@H](Nc2cc(-c3cncc(OCC4(C#N)CCOCC4)n3)c(Cl)cn2)CC1. The molecule has 3 heterocycles. The number of nitrogens with zero attached hydrogens (tertiary/aromatic N) is 5. The molecular weight excluding hydrogens is 504 g/mol. The first-order valence-electron chi connectivity index (χ1n) is 13.5. The Kier molecular flexibility index (Phi) is 9.77. The summed E-state index contributed by atoms with van der Waals surface area (Å²) in [5.41, 5.74) is 0.752. The molecule has 0 spiro atoms. The highest BCUT2D eigenvalue weighted by Crippen LogP contribution is 2.33. The summed E-state index contributed by atoms with van der Waals surface area (Å²) in [6, 6.07) is 5.53. The largest absolute Gasteiger partial charge is 0.475 e. The minimum atomic E-state index is -0.565. The van der Waals surface area contributed by atoms with Gasteiger partial charge in [0, 0.05) is 43.1 Å². The van der Waals surface area contributed by atoms with Gasteiger partial charge in [-0.1, -0.05) is 11.6 Å². The number of ether oxygens (including phenoxy) is 2. The minimum Gasteiger partial charge on any atom is -0.475 e. The topological polar surface area (TPSA) is 116 Å². The number of nitriles is 1. The number of aliphatic hydroxyl groups excluding tert-OH is 1. The molecule has 38 heavy (non-hydrogen) atoms. The molecule has 2 aromatic rings. The Balaban J connectivity index is 1.37. The van der Waals surface area contributed by atoms with E-state index >= 15 is 0 Å². The maximum absolute atomic E-state index is 9.73. The van der Waals surface area contributed by atoms with E-state index in [1.165, 1.54) is 0 Å². The van der Waals surface area contributed by atoms with Crippen LogP contribution in [-0.4, -0.2) is 76.1 Å². The van der Waals surface area contributed by atoms with Crippen LogP contribution in [0.1, 0.15) is 58.8 Å². The van der Waals surface area contributed by atoms with E-state index in [1.807, 2.05) is 13.0 Å².